The highest BCUT2D eigenvalue weighted by Gasteiger charge is 2.13. The Bertz CT molecular complexity index is 855. The maximum absolute atomic E-state index is 12.3. The molecule has 0 bridgehead atoms. The number of thioether (sulfide) groups is 1. The fourth-order valence-electron chi connectivity index (χ4n) is 2.61. The maximum Gasteiger partial charge on any atom is 0.234 e. The van der Waals surface area contributed by atoms with E-state index in [1.807, 2.05) is 52.9 Å². The first kappa shape index (κ1) is 18.3. The smallest absolute Gasteiger partial charge is 0.234 e. The number of aromatic nitrogens is 4. The summed E-state index contributed by atoms with van der Waals surface area (Å²) < 4.78 is 3.77. The van der Waals surface area contributed by atoms with Crippen molar-refractivity contribution in [2.45, 2.75) is 38.3 Å². The van der Waals surface area contributed by atoms with Crippen molar-refractivity contribution < 1.29 is 4.79 Å². The zero-order chi connectivity index (χ0) is 18.5. The van der Waals surface area contributed by atoms with Crippen molar-refractivity contribution in [2.75, 3.05) is 11.1 Å². The first-order chi connectivity index (χ1) is 12.6. The van der Waals surface area contributed by atoms with Crippen molar-refractivity contribution in [1.82, 2.24) is 19.5 Å². The second kappa shape index (κ2) is 8.23. The van der Waals surface area contributed by atoms with E-state index in [4.69, 9.17) is 0 Å². The molecule has 0 unspecified atom stereocenters. The molecule has 0 aliphatic rings. The van der Waals surface area contributed by atoms with Gasteiger partial charge in [-0.3, -0.25) is 9.47 Å². The van der Waals surface area contributed by atoms with Gasteiger partial charge in [0, 0.05) is 18.1 Å². The summed E-state index contributed by atoms with van der Waals surface area (Å²) in [5.74, 6) is 1.50. The van der Waals surface area contributed by atoms with Gasteiger partial charge in [-0.1, -0.05) is 37.7 Å². The van der Waals surface area contributed by atoms with E-state index < -0.39 is 0 Å². The normalized spacial score (nSPS) is 12.1. The topological polar surface area (TPSA) is 64.7 Å². The van der Waals surface area contributed by atoms with Gasteiger partial charge in [0.1, 0.15) is 0 Å². The number of benzene rings is 1. The third-order valence-corrected chi connectivity index (χ3v) is 5.22. The van der Waals surface area contributed by atoms with E-state index >= 15 is 0 Å². The third-order valence-electron chi connectivity index (χ3n) is 4.30. The summed E-state index contributed by atoms with van der Waals surface area (Å²) in [5.41, 5.74) is 2.10. The Morgan fingerprint density at radius 2 is 1.88 bits per heavy atom. The second-order valence-electron chi connectivity index (χ2n) is 6.17. The lowest BCUT2D eigenvalue weighted by atomic mass is 9.99. The van der Waals surface area contributed by atoms with Gasteiger partial charge >= 0.3 is 0 Å². The zero-order valence-corrected chi connectivity index (χ0v) is 16.0. The van der Waals surface area contributed by atoms with E-state index in [1.54, 1.807) is 0 Å². The Balaban J connectivity index is 1.60. The molecule has 1 amide bonds. The van der Waals surface area contributed by atoms with Gasteiger partial charge in [-0.15, -0.1) is 10.2 Å². The van der Waals surface area contributed by atoms with Crippen LogP contribution in [0.2, 0.25) is 0 Å². The van der Waals surface area contributed by atoms with Gasteiger partial charge in [-0.25, -0.2) is 4.68 Å². The Morgan fingerprint density at radius 1 is 1.19 bits per heavy atom. The molecule has 136 valence electrons. The molecule has 0 saturated heterocycles. The number of rotatable bonds is 7. The summed E-state index contributed by atoms with van der Waals surface area (Å²) in [6.45, 7) is 6.26. The Labute approximate surface area is 157 Å². The molecule has 2 aromatic heterocycles. The summed E-state index contributed by atoms with van der Waals surface area (Å²) in [7, 11) is 0. The molecule has 26 heavy (non-hydrogen) atoms. The molecule has 2 heterocycles. The summed E-state index contributed by atoms with van der Waals surface area (Å²) in [4.78, 5) is 12.3. The predicted molar refractivity (Wildman–Crippen MR) is 104 cm³/mol. The Morgan fingerprint density at radius 3 is 2.54 bits per heavy atom. The average molecular weight is 369 g/mol. The molecule has 0 aliphatic heterocycles. The zero-order valence-electron chi connectivity index (χ0n) is 15.2. The van der Waals surface area contributed by atoms with E-state index in [9.17, 15) is 4.79 Å². The molecular formula is C19H23N5OS. The molecule has 6 nitrogen and oxygen atoms in total. The number of anilines is 1. The Kier molecular flexibility index (Phi) is 5.78. The van der Waals surface area contributed by atoms with Crippen molar-refractivity contribution in [3.05, 3.63) is 60.2 Å². The van der Waals surface area contributed by atoms with Crippen LogP contribution in [0.5, 0.6) is 0 Å². The predicted octanol–water partition coefficient (Wildman–Crippen LogP) is 3.94. The van der Waals surface area contributed by atoms with Crippen molar-refractivity contribution in [2.24, 2.45) is 0 Å². The van der Waals surface area contributed by atoms with E-state index in [1.165, 1.54) is 17.3 Å². The van der Waals surface area contributed by atoms with Crippen LogP contribution in [0.3, 0.4) is 0 Å². The maximum atomic E-state index is 12.3. The SMILES string of the molecule is CC[C@H](C)c1ccc(NC(=O)CSc2nnc(C)n2-n2cccc2)cc1. The van der Waals surface area contributed by atoms with Gasteiger partial charge < -0.3 is 5.32 Å². The molecule has 1 N–H and O–H groups in total. The lowest BCUT2D eigenvalue weighted by molar-refractivity contribution is -0.113. The van der Waals surface area contributed by atoms with Gasteiger partial charge in [0.25, 0.3) is 0 Å². The lowest BCUT2D eigenvalue weighted by Crippen LogP contribution is -2.16. The fourth-order valence-corrected chi connectivity index (χ4v) is 3.39. The minimum absolute atomic E-state index is 0.0639. The van der Waals surface area contributed by atoms with Crippen LogP contribution < -0.4 is 5.32 Å². The number of amides is 1. The number of carbonyl (C=O) groups is 1. The van der Waals surface area contributed by atoms with Gasteiger partial charge in [0.05, 0.1) is 5.75 Å². The van der Waals surface area contributed by atoms with Crippen LogP contribution in [0.25, 0.3) is 0 Å². The largest absolute Gasteiger partial charge is 0.325 e. The first-order valence-corrected chi connectivity index (χ1v) is 9.65. The van der Waals surface area contributed by atoms with E-state index in [0.717, 1.165) is 17.9 Å². The first-order valence-electron chi connectivity index (χ1n) is 8.66. The summed E-state index contributed by atoms with van der Waals surface area (Å²) >= 11 is 1.36. The fraction of sp³-hybridized carbons (Fsp3) is 0.316. The van der Waals surface area contributed by atoms with Gasteiger partial charge in [0.2, 0.25) is 11.1 Å². The molecule has 1 atom stereocenters. The number of hydrogen-bond donors (Lipinski definition) is 1. The lowest BCUT2D eigenvalue weighted by Gasteiger charge is -2.11. The molecular weight excluding hydrogens is 346 g/mol. The average Bonchev–Trinajstić information content (AvgIpc) is 3.29. The monoisotopic (exact) mass is 369 g/mol. The van der Waals surface area contributed by atoms with Crippen LogP contribution in [0.15, 0.2) is 53.9 Å². The summed E-state index contributed by atoms with van der Waals surface area (Å²) in [6.07, 6.45) is 4.93. The highest BCUT2D eigenvalue weighted by atomic mass is 32.2. The number of carbonyl (C=O) groups excluding carboxylic acids is 1. The molecule has 3 aromatic rings. The van der Waals surface area contributed by atoms with Crippen LogP contribution in [0.1, 0.15) is 37.6 Å². The van der Waals surface area contributed by atoms with Crippen molar-refractivity contribution in [3.63, 3.8) is 0 Å². The van der Waals surface area contributed by atoms with Crippen LogP contribution in [0, 0.1) is 6.92 Å². The van der Waals surface area contributed by atoms with Crippen LogP contribution in [-0.4, -0.2) is 31.2 Å². The molecule has 0 aliphatic carbocycles. The van der Waals surface area contributed by atoms with Crippen molar-refractivity contribution in [3.8, 4) is 0 Å². The second-order valence-corrected chi connectivity index (χ2v) is 7.12. The van der Waals surface area contributed by atoms with E-state index in [-0.39, 0.29) is 11.7 Å². The van der Waals surface area contributed by atoms with Crippen LogP contribution in [-0.2, 0) is 4.79 Å². The molecule has 1 aromatic carbocycles. The molecule has 0 fully saturated rings. The number of aryl methyl sites for hydroxylation is 1. The molecule has 7 heteroatoms. The highest BCUT2D eigenvalue weighted by molar-refractivity contribution is 7.99. The minimum Gasteiger partial charge on any atom is -0.325 e. The van der Waals surface area contributed by atoms with Crippen LogP contribution in [0.4, 0.5) is 5.69 Å². The van der Waals surface area contributed by atoms with E-state index in [0.29, 0.717) is 11.1 Å². The Hall–Kier alpha value is -2.54. The quantitative estimate of drug-likeness (QED) is 0.641. The number of nitrogens with zero attached hydrogens (tertiary/aromatic N) is 4. The summed E-state index contributed by atoms with van der Waals surface area (Å²) in [6, 6.07) is 11.9. The van der Waals surface area contributed by atoms with Gasteiger partial charge in [-0.2, -0.15) is 0 Å². The molecule has 3 rings (SSSR count). The van der Waals surface area contributed by atoms with Crippen LogP contribution >= 0.6 is 11.8 Å². The van der Waals surface area contributed by atoms with Crippen molar-refractivity contribution >= 4 is 23.4 Å². The molecule has 0 saturated carbocycles. The minimum atomic E-state index is -0.0639. The van der Waals surface area contributed by atoms with Gasteiger partial charge in [-0.05, 0) is 49.1 Å². The standard InChI is InChI=1S/C19H23N5OS/c1-4-14(2)16-7-9-17(10-8-16)20-18(25)13-26-19-22-21-15(3)24(19)23-11-5-6-12-23/h5-12,14H,4,13H2,1-3H3,(H,20,25)/t14-/m0/s1. The molecule has 0 radical (unpaired) electrons. The number of nitrogens with one attached hydrogen (secondary N) is 1. The molecule has 0 spiro atoms. The number of hydrogen-bond acceptors (Lipinski definition) is 4. The van der Waals surface area contributed by atoms with Gasteiger partial charge in [0.15, 0.2) is 5.82 Å². The third kappa shape index (κ3) is 4.16. The van der Waals surface area contributed by atoms with Crippen molar-refractivity contribution in [1.29, 1.82) is 0 Å². The van der Waals surface area contributed by atoms with E-state index in [2.05, 4.69) is 41.5 Å². The highest BCUT2D eigenvalue weighted by Crippen LogP contribution is 2.21. The summed E-state index contributed by atoms with van der Waals surface area (Å²) in [5, 5.41) is 11.9.